The third kappa shape index (κ3) is 5.02. The Labute approximate surface area is 183 Å². The number of hydrogen-bond donors (Lipinski definition) is 1. The van der Waals surface area contributed by atoms with E-state index < -0.39 is 0 Å². The van der Waals surface area contributed by atoms with E-state index in [1.165, 1.54) is 4.68 Å². The first-order chi connectivity index (χ1) is 14.6. The van der Waals surface area contributed by atoms with Crippen molar-refractivity contribution in [3.8, 4) is 0 Å². The van der Waals surface area contributed by atoms with Crippen molar-refractivity contribution >= 4 is 29.0 Å². The van der Waals surface area contributed by atoms with Crippen LogP contribution in [0.5, 0.6) is 0 Å². The van der Waals surface area contributed by atoms with Gasteiger partial charge in [0.05, 0.1) is 0 Å². The normalized spacial score (nSPS) is 13.2. The Hall–Kier alpha value is -2.39. The Kier molecular flexibility index (Phi) is 6.69. The summed E-state index contributed by atoms with van der Waals surface area (Å²) >= 11 is 3.36. The molecule has 4 rings (SSSR count). The molecular weight excluding hydrogens is 418 g/mol. The van der Waals surface area contributed by atoms with Crippen molar-refractivity contribution in [1.82, 2.24) is 24.6 Å². The number of carbonyl (C=O) groups excluding carboxylic acids is 1. The van der Waals surface area contributed by atoms with Gasteiger partial charge in [-0.2, -0.15) is 5.10 Å². The maximum atomic E-state index is 12.4. The predicted molar refractivity (Wildman–Crippen MR) is 119 cm³/mol. The molecule has 0 fully saturated rings. The van der Waals surface area contributed by atoms with Gasteiger partial charge in [0.1, 0.15) is 10.2 Å². The highest BCUT2D eigenvalue weighted by atomic mass is 32.2. The molecule has 1 aliphatic heterocycles. The van der Waals surface area contributed by atoms with Gasteiger partial charge in [-0.15, -0.1) is 11.3 Å². The third-order valence-electron chi connectivity index (χ3n) is 5.04. The van der Waals surface area contributed by atoms with Crippen LogP contribution in [0.3, 0.4) is 0 Å². The summed E-state index contributed by atoms with van der Waals surface area (Å²) in [6.45, 7) is 3.79. The molecule has 158 valence electrons. The second-order valence-corrected chi connectivity index (χ2v) is 9.46. The number of aromatic nitrogens is 4. The highest BCUT2D eigenvalue weighted by Gasteiger charge is 2.16. The van der Waals surface area contributed by atoms with Crippen molar-refractivity contribution in [3.63, 3.8) is 0 Å². The van der Waals surface area contributed by atoms with Crippen LogP contribution in [-0.2, 0) is 25.3 Å². The number of aryl methyl sites for hydroxylation is 3. The molecule has 1 aromatic carbocycles. The van der Waals surface area contributed by atoms with Gasteiger partial charge in [-0.3, -0.25) is 9.36 Å². The molecule has 0 saturated carbocycles. The van der Waals surface area contributed by atoms with E-state index in [-0.39, 0.29) is 11.6 Å². The highest BCUT2D eigenvalue weighted by Crippen LogP contribution is 2.26. The van der Waals surface area contributed by atoms with Crippen molar-refractivity contribution in [1.29, 1.82) is 0 Å². The molecular formula is C21H25N5O2S2. The zero-order valence-electron chi connectivity index (χ0n) is 17.0. The van der Waals surface area contributed by atoms with Gasteiger partial charge in [0, 0.05) is 48.4 Å². The zero-order valence-corrected chi connectivity index (χ0v) is 18.6. The van der Waals surface area contributed by atoms with E-state index >= 15 is 0 Å². The quantitative estimate of drug-likeness (QED) is 0.427. The molecule has 0 aliphatic carbocycles. The Balaban J connectivity index is 1.22. The fraction of sp³-hybridized carbons (Fsp3) is 0.429. The Bertz CT molecular complexity index is 1070. The van der Waals surface area contributed by atoms with Gasteiger partial charge in [-0.1, -0.05) is 23.9 Å². The molecule has 3 aromatic rings. The summed E-state index contributed by atoms with van der Waals surface area (Å²) in [5.74, 6) is 1.62. The number of nitrogens with one attached hydrogen (secondary N) is 1. The van der Waals surface area contributed by atoms with Crippen LogP contribution in [0.25, 0.3) is 0 Å². The number of rotatable bonds is 8. The van der Waals surface area contributed by atoms with Crippen molar-refractivity contribution in [2.24, 2.45) is 0 Å². The van der Waals surface area contributed by atoms with E-state index in [4.69, 9.17) is 0 Å². The number of carbonyl (C=O) groups is 1. The molecule has 1 amide bonds. The number of amides is 1. The second-order valence-electron chi connectivity index (χ2n) is 7.38. The lowest BCUT2D eigenvalue weighted by Crippen LogP contribution is -2.29. The summed E-state index contributed by atoms with van der Waals surface area (Å²) < 4.78 is 4.37. The minimum atomic E-state index is -0.0961. The number of nitrogens with zero attached hydrogens (tertiary/aromatic N) is 4. The molecule has 0 unspecified atom stereocenters. The first-order valence-corrected chi connectivity index (χ1v) is 12.1. The van der Waals surface area contributed by atoms with Crippen LogP contribution in [0.1, 0.15) is 46.7 Å². The summed E-state index contributed by atoms with van der Waals surface area (Å²) in [5.41, 5.74) is 2.82. The lowest BCUT2D eigenvalue weighted by molar-refractivity contribution is 0.0952. The van der Waals surface area contributed by atoms with Gasteiger partial charge in [0.15, 0.2) is 0 Å². The third-order valence-corrected chi connectivity index (χ3v) is 7.25. The molecule has 7 nitrogen and oxygen atoms in total. The average Bonchev–Trinajstić information content (AvgIpc) is 3.33. The van der Waals surface area contributed by atoms with Crippen LogP contribution < -0.4 is 11.0 Å². The molecule has 3 heterocycles. The lowest BCUT2D eigenvalue weighted by Gasteiger charge is -2.09. The van der Waals surface area contributed by atoms with Crippen LogP contribution in [0.4, 0.5) is 0 Å². The van der Waals surface area contributed by atoms with Crippen LogP contribution in [0, 0.1) is 6.92 Å². The molecule has 0 atom stereocenters. The van der Waals surface area contributed by atoms with Gasteiger partial charge in [-0.05, 0) is 43.9 Å². The molecule has 9 heteroatoms. The van der Waals surface area contributed by atoms with Crippen LogP contribution in [-0.4, -0.2) is 31.8 Å². The SMILES string of the molecule is Cc1csc(SCc2ccc(C(=O)NCCCn3nc4n(c3=O)CCCC4)cc2)n1. The Morgan fingerprint density at radius 3 is 2.83 bits per heavy atom. The smallest absolute Gasteiger partial charge is 0.345 e. The molecule has 1 aliphatic rings. The van der Waals surface area contributed by atoms with E-state index in [1.807, 2.05) is 36.6 Å². The summed E-state index contributed by atoms with van der Waals surface area (Å²) in [7, 11) is 0. The van der Waals surface area contributed by atoms with Gasteiger partial charge < -0.3 is 5.32 Å². The molecule has 0 radical (unpaired) electrons. The molecule has 2 aromatic heterocycles. The summed E-state index contributed by atoms with van der Waals surface area (Å²) in [5, 5.41) is 9.40. The standard InChI is InChI=1S/C21H25N5O2S2/c1-15-13-29-20(23-15)30-14-16-6-8-17(9-7-16)19(27)22-10-4-12-26-21(28)25-11-3-2-5-18(25)24-26/h6-9,13H,2-5,10-12,14H2,1H3,(H,22,27). The van der Waals surface area contributed by atoms with Crippen molar-refractivity contribution in [3.05, 3.63) is 62.8 Å². The Morgan fingerprint density at radius 1 is 1.27 bits per heavy atom. The Morgan fingerprint density at radius 2 is 2.10 bits per heavy atom. The summed E-state index contributed by atoms with van der Waals surface area (Å²) in [4.78, 5) is 29.1. The van der Waals surface area contributed by atoms with Crippen LogP contribution in [0.15, 0.2) is 38.8 Å². The molecule has 1 N–H and O–H groups in total. The number of fused-ring (bicyclic) bond motifs is 1. The van der Waals surface area contributed by atoms with Crippen molar-refractivity contribution < 1.29 is 4.79 Å². The van der Waals surface area contributed by atoms with Gasteiger partial charge in [0.2, 0.25) is 0 Å². The van der Waals surface area contributed by atoms with E-state index in [1.54, 1.807) is 27.7 Å². The molecule has 0 bridgehead atoms. The summed E-state index contributed by atoms with van der Waals surface area (Å²) in [6.07, 6.45) is 3.67. The number of benzene rings is 1. The van der Waals surface area contributed by atoms with Crippen molar-refractivity contribution in [2.45, 2.75) is 55.8 Å². The fourth-order valence-corrected chi connectivity index (χ4v) is 5.23. The van der Waals surface area contributed by atoms with E-state index in [0.717, 1.165) is 53.0 Å². The molecule has 0 saturated heterocycles. The predicted octanol–water partition coefficient (Wildman–Crippen LogP) is 3.26. The number of thiazole rings is 1. The van der Waals surface area contributed by atoms with Gasteiger partial charge in [-0.25, -0.2) is 14.5 Å². The zero-order chi connectivity index (χ0) is 20.9. The van der Waals surface area contributed by atoms with E-state index in [2.05, 4.69) is 15.4 Å². The highest BCUT2D eigenvalue weighted by molar-refractivity contribution is 8.00. The monoisotopic (exact) mass is 443 g/mol. The van der Waals surface area contributed by atoms with Crippen molar-refractivity contribution in [2.75, 3.05) is 6.54 Å². The maximum absolute atomic E-state index is 12.4. The number of thioether (sulfide) groups is 1. The van der Waals surface area contributed by atoms with Crippen LogP contribution in [0.2, 0.25) is 0 Å². The first-order valence-electron chi connectivity index (χ1n) is 10.2. The first kappa shape index (κ1) is 20.9. The van der Waals surface area contributed by atoms with E-state index in [0.29, 0.717) is 25.1 Å². The molecule has 0 spiro atoms. The lowest BCUT2D eigenvalue weighted by atomic mass is 10.1. The summed E-state index contributed by atoms with van der Waals surface area (Å²) in [6, 6.07) is 7.67. The topological polar surface area (TPSA) is 81.8 Å². The van der Waals surface area contributed by atoms with Gasteiger partial charge in [0.25, 0.3) is 5.91 Å². The van der Waals surface area contributed by atoms with E-state index in [9.17, 15) is 9.59 Å². The number of hydrogen-bond acceptors (Lipinski definition) is 6. The minimum Gasteiger partial charge on any atom is -0.352 e. The fourth-order valence-electron chi connectivity index (χ4n) is 3.42. The average molecular weight is 444 g/mol. The van der Waals surface area contributed by atoms with Gasteiger partial charge >= 0.3 is 5.69 Å². The van der Waals surface area contributed by atoms with Crippen LogP contribution >= 0.6 is 23.1 Å². The molecule has 30 heavy (non-hydrogen) atoms. The largest absolute Gasteiger partial charge is 0.352 e. The second kappa shape index (κ2) is 9.61. The maximum Gasteiger partial charge on any atom is 0.345 e. The minimum absolute atomic E-state index is 0.0302.